The van der Waals surface area contributed by atoms with Gasteiger partial charge in [0.2, 0.25) is 10.0 Å². The van der Waals surface area contributed by atoms with Gasteiger partial charge in [0.25, 0.3) is 11.8 Å². The molecule has 220 valence electrons. The van der Waals surface area contributed by atoms with Gasteiger partial charge in [0, 0.05) is 29.8 Å². The third kappa shape index (κ3) is 6.74. The summed E-state index contributed by atoms with van der Waals surface area (Å²) in [5, 5.41) is 5.60. The van der Waals surface area contributed by atoms with Crippen molar-refractivity contribution in [1.29, 1.82) is 0 Å². The van der Waals surface area contributed by atoms with Crippen molar-refractivity contribution in [1.82, 2.24) is 4.31 Å². The number of aryl methyl sites for hydroxylation is 1. The Labute approximate surface area is 251 Å². The lowest BCUT2D eigenvalue weighted by Gasteiger charge is -2.29. The number of ketones is 1. The molecule has 5 rings (SSSR count). The second-order valence-corrected chi connectivity index (χ2v) is 12.7. The number of hydrogen-bond donors (Lipinski definition) is 2. The fourth-order valence-corrected chi connectivity index (χ4v) is 6.50. The lowest BCUT2D eigenvalue weighted by atomic mass is 9.99. The molecule has 2 N–H and O–H groups in total. The van der Waals surface area contributed by atoms with Gasteiger partial charge >= 0.3 is 0 Å². The number of nitrogens with zero attached hydrogens (tertiary/aromatic N) is 1. The smallest absolute Gasteiger partial charge is 0.257 e. The summed E-state index contributed by atoms with van der Waals surface area (Å²) < 4.78 is 27.6. The van der Waals surface area contributed by atoms with Crippen LogP contribution in [0.2, 0.25) is 0 Å². The molecular formula is C34H33N3O5S. The van der Waals surface area contributed by atoms with Crippen molar-refractivity contribution in [3.63, 3.8) is 0 Å². The highest BCUT2D eigenvalue weighted by molar-refractivity contribution is 7.89. The maximum absolute atomic E-state index is 13.4. The van der Waals surface area contributed by atoms with Crippen LogP contribution >= 0.6 is 0 Å². The standard InChI is InChI=1S/C34H33N3O5S/c1-23-18-20-37(21-19-23)43(41,42)27-15-13-26(14-16-27)33(39)35-30-11-7-6-10-28(30)34(40)36-31-17-12-24(2)22-29(31)32(38)25-8-4-3-5-9-25/h3-17,22-23H,18-21H2,1-2H3,(H,35,39)(H,36,40). The molecule has 0 saturated carbocycles. The van der Waals surface area contributed by atoms with Gasteiger partial charge < -0.3 is 10.6 Å². The lowest BCUT2D eigenvalue weighted by molar-refractivity contribution is 0.102. The molecule has 0 aromatic heterocycles. The molecule has 9 heteroatoms. The van der Waals surface area contributed by atoms with Crippen molar-refractivity contribution in [3.8, 4) is 0 Å². The zero-order valence-corrected chi connectivity index (χ0v) is 24.9. The van der Waals surface area contributed by atoms with E-state index in [0.717, 1.165) is 18.4 Å². The van der Waals surface area contributed by atoms with E-state index in [9.17, 15) is 22.8 Å². The van der Waals surface area contributed by atoms with E-state index in [2.05, 4.69) is 17.6 Å². The Morgan fingerprint density at radius 1 is 0.698 bits per heavy atom. The number of anilines is 2. The molecule has 2 amide bonds. The Hall–Kier alpha value is -4.60. The zero-order valence-electron chi connectivity index (χ0n) is 24.0. The van der Waals surface area contributed by atoms with Crippen LogP contribution < -0.4 is 10.6 Å². The molecule has 4 aromatic rings. The molecule has 8 nitrogen and oxygen atoms in total. The highest BCUT2D eigenvalue weighted by atomic mass is 32.2. The second-order valence-electron chi connectivity index (χ2n) is 10.8. The maximum atomic E-state index is 13.4. The summed E-state index contributed by atoms with van der Waals surface area (Å²) in [6.45, 7) is 4.95. The summed E-state index contributed by atoms with van der Waals surface area (Å²) in [5.41, 5.74) is 2.80. The minimum atomic E-state index is -3.64. The van der Waals surface area contributed by atoms with Crippen LogP contribution in [0.15, 0.2) is 102 Å². The highest BCUT2D eigenvalue weighted by Crippen LogP contribution is 2.26. The van der Waals surface area contributed by atoms with Gasteiger partial charge in [-0.3, -0.25) is 14.4 Å². The first-order valence-corrected chi connectivity index (χ1v) is 15.6. The number of hydrogen-bond acceptors (Lipinski definition) is 5. The number of amides is 2. The molecule has 1 heterocycles. The van der Waals surface area contributed by atoms with Crippen LogP contribution in [0.3, 0.4) is 0 Å². The van der Waals surface area contributed by atoms with Gasteiger partial charge in [0.15, 0.2) is 5.78 Å². The SMILES string of the molecule is Cc1ccc(NC(=O)c2ccccc2NC(=O)c2ccc(S(=O)(=O)N3CCC(C)CC3)cc2)c(C(=O)c2ccccc2)c1. The predicted molar refractivity (Wildman–Crippen MR) is 167 cm³/mol. The Bertz CT molecular complexity index is 1760. The molecule has 0 bridgehead atoms. The van der Waals surface area contributed by atoms with Crippen LogP contribution in [-0.2, 0) is 10.0 Å². The first kappa shape index (κ1) is 29.9. The van der Waals surface area contributed by atoms with Gasteiger partial charge in [-0.2, -0.15) is 4.31 Å². The van der Waals surface area contributed by atoms with Gasteiger partial charge in [-0.05, 0) is 74.2 Å². The average molecular weight is 596 g/mol. The predicted octanol–water partition coefficient (Wildman–Crippen LogP) is 6.15. The van der Waals surface area contributed by atoms with E-state index >= 15 is 0 Å². The van der Waals surface area contributed by atoms with E-state index in [1.54, 1.807) is 66.7 Å². The van der Waals surface area contributed by atoms with E-state index in [4.69, 9.17) is 0 Å². The van der Waals surface area contributed by atoms with E-state index in [1.807, 2.05) is 13.0 Å². The molecule has 4 aromatic carbocycles. The lowest BCUT2D eigenvalue weighted by Crippen LogP contribution is -2.37. The third-order valence-electron chi connectivity index (χ3n) is 7.62. The summed E-state index contributed by atoms with van der Waals surface area (Å²) in [6.07, 6.45) is 1.64. The Morgan fingerprint density at radius 2 is 1.30 bits per heavy atom. The number of benzene rings is 4. The fraction of sp³-hybridized carbons (Fsp3) is 0.206. The Kier molecular flexibility index (Phi) is 8.84. The van der Waals surface area contributed by atoms with Crippen LogP contribution in [0, 0.1) is 12.8 Å². The normalized spacial score (nSPS) is 14.2. The first-order chi connectivity index (χ1) is 20.6. The number of rotatable bonds is 8. The molecule has 1 aliphatic heterocycles. The van der Waals surface area contributed by atoms with Crippen molar-refractivity contribution < 1.29 is 22.8 Å². The molecule has 43 heavy (non-hydrogen) atoms. The van der Waals surface area contributed by atoms with Crippen LogP contribution in [0.1, 0.15) is 62.0 Å². The van der Waals surface area contributed by atoms with Gasteiger partial charge in [-0.1, -0.05) is 61.0 Å². The van der Waals surface area contributed by atoms with Gasteiger partial charge in [-0.25, -0.2) is 8.42 Å². The molecule has 0 atom stereocenters. The summed E-state index contributed by atoms with van der Waals surface area (Å²) in [4.78, 5) is 39.9. The van der Waals surface area contributed by atoms with E-state index in [0.29, 0.717) is 35.8 Å². The van der Waals surface area contributed by atoms with Gasteiger partial charge in [-0.15, -0.1) is 0 Å². The van der Waals surface area contributed by atoms with E-state index in [-0.39, 0.29) is 27.5 Å². The van der Waals surface area contributed by atoms with Gasteiger partial charge in [0.1, 0.15) is 0 Å². The minimum Gasteiger partial charge on any atom is -0.321 e. The minimum absolute atomic E-state index is 0.136. The van der Waals surface area contributed by atoms with Crippen molar-refractivity contribution in [2.45, 2.75) is 31.6 Å². The maximum Gasteiger partial charge on any atom is 0.257 e. The molecule has 0 unspecified atom stereocenters. The van der Waals surface area contributed by atoms with Crippen molar-refractivity contribution in [2.24, 2.45) is 5.92 Å². The summed E-state index contributed by atoms with van der Waals surface area (Å²) in [5.74, 6) is -0.717. The molecule has 1 saturated heterocycles. The fourth-order valence-electron chi connectivity index (χ4n) is 5.03. The van der Waals surface area contributed by atoms with Gasteiger partial charge in [0.05, 0.1) is 21.8 Å². The Morgan fingerprint density at radius 3 is 2.00 bits per heavy atom. The number of piperidine rings is 1. The largest absolute Gasteiger partial charge is 0.321 e. The van der Waals surface area contributed by atoms with Crippen LogP contribution in [0.25, 0.3) is 0 Å². The van der Waals surface area contributed by atoms with Crippen LogP contribution in [0.4, 0.5) is 11.4 Å². The molecular weight excluding hydrogens is 562 g/mol. The third-order valence-corrected chi connectivity index (χ3v) is 9.53. The number of nitrogens with one attached hydrogen (secondary N) is 2. The average Bonchev–Trinajstić information content (AvgIpc) is 3.02. The van der Waals surface area contributed by atoms with E-state index in [1.165, 1.54) is 28.6 Å². The molecule has 1 aliphatic rings. The molecule has 0 radical (unpaired) electrons. The number of sulfonamides is 1. The molecule has 0 aliphatic carbocycles. The quantitative estimate of drug-likeness (QED) is 0.237. The first-order valence-electron chi connectivity index (χ1n) is 14.2. The van der Waals surface area contributed by atoms with Crippen molar-refractivity contribution in [2.75, 3.05) is 23.7 Å². The summed E-state index contributed by atoms with van der Waals surface area (Å²) in [7, 11) is -3.64. The monoisotopic (exact) mass is 595 g/mol. The summed E-state index contributed by atoms with van der Waals surface area (Å²) >= 11 is 0. The number of carbonyl (C=O) groups is 3. The molecule has 1 fully saturated rings. The van der Waals surface area contributed by atoms with E-state index < -0.39 is 21.8 Å². The summed E-state index contributed by atoms with van der Waals surface area (Å²) in [6, 6.07) is 26.4. The van der Waals surface area contributed by atoms with Crippen molar-refractivity contribution >= 4 is 39.0 Å². The number of carbonyl (C=O) groups excluding carboxylic acids is 3. The topological polar surface area (TPSA) is 113 Å². The second kappa shape index (κ2) is 12.7. The molecule has 0 spiro atoms. The van der Waals surface area contributed by atoms with Crippen LogP contribution in [0.5, 0.6) is 0 Å². The van der Waals surface area contributed by atoms with Crippen LogP contribution in [-0.4, -0.2) is 43.4 Å². The van der Waals surface area contributed by atoms with Crippen molar-refractivity contribution in [3.05, 3.63) is 125 Å². The Balaban J connectivity index is 1.32. The number of para-hydroxylation sites is 1. The zero-order chi connectivity index (χ0) is 30.6. The highest BCUT2D eigenvalue weighted by Gasteiger charge is 2.28.